The molecule has 0 unspecified atom stereocenters. The molecule has 0 aromatic carbocycles. The molecule has 1 aromatic rings. The van der Waals surface area contributed by atoms with Gasteiger partial charge in [-0.05, 0) is 31.5 Å². The van der Waals surface area contributed by atoms with Crippen LogP contribution in [0.1, 0.15) is 11.3 Å². The predicted octanol–water partition coefficient (Wildman–Crippen LogP) is 1.54. The summed E-state index contributed by atoms with van der Waals surface area (Å²) in [4.78, 5) is 4.22. The molecule has 12 heavy (non-hydrogen) atoms. The molecule has 0 aliphatic heterocycles. The Kier molecular flexibility index (Phi) is 2.33. The third-order valence-electron chi connectivity index (χ3n) is 1.39. The largest absolute Gasteiger partial charge is 0.386 e. The van der Waals surface area contributed by atoms with Gasteiger partial charge in [0.1, 0.15) is 5.82 Å². The number of nitrogens with two attached hydrogens (primary N) is 1. The first kappa shape index (κ1) is 8.59. The highest BCUT2D eigenvalue weighted by atomic mass is 15.1. The van der Waals surface area contributed by atoms with Crippen molar-refractivity contribution in [2.24, 2.45) is 5.73 Å². The maximum atomic E-state index is 5.38. The molecule has 0 fully saturated rings. The van der Waals surface area contributed by atoms with Crippen LogP contribution < -0.4 is 11.1 Å². The Morgan fingerprint density at radius 3 is 2.67 bits per heavy atom. The lowest BCUT2D eigenvalue weighted by atomic mass is 10.2. The molecule has 0 saturated carbocycles. The maximum absolute atomic E-state index is 5.38. The van der Waals surface area contributed by atoms with E-state index in [9.17, 15) is 0 Å². The van der Waals surface area contributed by atoms with Crippen molar-refractivity contribution < 1.29 is 0 Å². The Labute approximate surface area is 72.3 Å². The highest BCUT2D eigenvalue weighted by Gasteiger charge is 1.95. The summed E-state index contributed by atoms with van der Waals surface area (Å²) < 4.78 is 0. The van der Waals surface area contributed by atoms with Gasteiger partial charge in [0, 0.05) is 5.69 Å². The molecule has 0 radical (unpaired) electrons. The summed E-state index contributed by atoms with van der Waals surface area (Å²) in [5.74, 6) is 1.16. The van der Waals surface area contributed by atoms with Crippen molar-refractivity contribution in [3.8, 4) is 0 Å². The molecule has 0 spiro atoms. The highest BCUT2D eigenvalue weighted by molar-refractivity contribution is 5.42. The van der Waals surface area contributed by atoms with Crippen molar-refractivity contribution in [1.29, 1.82) is 0 Å². The summed E-state index contributed by atoms with van der Waals surface area (Å²) in [7, 11) is 0. The average Bonchev–Trinajstić information content (AvgIpc) is 1.81. The number of hydrogen-bond acceptors (Lipinski definition) is 3. The van der Waals surface area contributed by atoms with Crippen molar-refractivity contribution in [1.82, 2.24) is 4.98 Å². The number of nitrogens with zero attached hydrogens (tertiary/aromatic N) is 1. The van der Waals surface area contributed by atoms with E-state index in [2.05, 4.69) is 16.9 Å². The zero-order valence-corrected chi connectivity index (χ0v) is 7.39. The third-order valence-corrected chi connectivity index (χ3v) is 1.39. The van der Waals surface area contributed by atoms with Gasteiger partial charge in [-0.15, -0.1) is 0 Å². The summed E-state index contributed by atoms with van der Waals surface area (Å²) >= 11 is 0. The van der Waals surface area contributed by atoms with Gasteiger partial charge in [0.15, 0.2) is 0 Å². The Hall–Kier alpha value is -1.51. The standard InChI is InChI=1S/C9H13N3/c1-6-4-7(2)11-9(5-6)12-8(3)10/h4-5H,3,10H2,1-2H3,(H,11,12). The van der Waals surface area contributed by atoms with Crippen molar-refractivity contribution in [3.63, 3.8) is 0 Å². The van der Waals surface area contributed by atoms with E-state index in [0.29, 0.717) is 5.82 Å². The zero-order chi connectivity index (χ0) is 9.14. The molecular formula is C9H13N3. The molecule has 1 rings (SSSR count). The molecule has 3 nitrogen and oxygen atoms in total. The van der Waals surface area contributed by atoms with Crippen LogP contribution in [0.5, 0.6) is 0 Å². The summed E-state index contributed by atoms with van der Waals surface area (Å²) in [6.07, 6.45) is 0. The van der Waals surface area contributed by atoms with Crippen LogP contribution in [0.25, 0.3) is 0 Å². The Balaban J connectivity index is 2.93. The van der Waals surface area contributed by atoms with E-state index in [-0.39, 0.29) is 0 Å². The van der Waals surface area contributed by atoms with Gasteiger partial charge in [0.05, 0.1) is 5.82 Å². The molecule has 3 N–H and O–H groups in total. The quantitative estimate of drug-likeness (QED) is 0.695. The molecule has 0 aliphatic rings. The average molecular weight is 163 g/mol. The number of hydrogen-bond donors (Lipinski definition) is 2. The van der Waals surface area contributed by atoms with Gasteiger partial charge in [-0.1, -0.05) is 6.58 Å². The molecule has 0 aliphatic carbocycles. The van der Waals surface area contributed by atoms with Crippen LogP contribution in [0.4, 0.5) is 5.82 Å². The minimum absolute atomic E-state index is 0.410. The van der Waals surface area contributed by atoms with E-state index in [4.69, 9.17) is 5.73 Å². The summed E-state index contributed by atoms with van der Waals surface area (Å²) in [6.45, 7) is 7.49. The first-order chi connectivity index (χ1) is 5.58. The van der Waals surface area contributed by atoms with Crippen LogP contribution in [0.15, 0.2) is 24.5 Å². The molecule has 1 aromatic heterocycles. The number of anilines is 1. The van der Waals surface area contributed by atoms with Gasteiger partial charge in [0.25, 0.3) is 0 Å². The van der Waals surface area contributed by atoms with E-state index in [0.717, 1.165) is 17.1 Å². The number of rotatable bonds is 2. The van der Waals surface area contributed by atoms with Crippen LogP contribution in [-0.4, -0.2) is 4.98 Å². The second-order valence-corrected chi connectivity index (χ2v) is 2.82. The third kappa shape index (κ3) is 2.27. The second-order valence-electron chi connectivity index (χ2n) is 2.82. The lowest BCUT2D eigenvalue weighted by molar-refractivity contribution is 1.15. The Bertz CT molecular complexity index is 284. The van der Waals surface area contributed by atoms with E-state index >= 15 is 0 Å². The summed E-state index contributed by atoms with van der Waals surface area (Å²) in [5.41, 5.74) is 7.51. The Morgan fingerprint density at radius 2 is 2.17 bits per heavy atom. The fourth-order valence-corrected chi connectivity index (χ4v) is 1.07. The Morgan fingerprint density at radius 1 is 1.50 bits per heavy atom. The summed E-state index contributed by atoms with van der Waals surface area (Å²) in [5, 5.41) is 2.86. The van der Waals surface area contributed by atoms with E-state index in [1.54, 1.807) is 0 Å². The first-order valence-corrected chi connectivity index (χ1v) is 3.74. The van der Waals surface area contributed by atoms with Crippen molar-refractivity contribution in [3.05, 3.63) is 35.8 Å². The van der Waals surface area contributed by atoms with Gasteiger partial charge >= 0.3 is 0 Å². The second kappa shape index (κ2) is 3.26. The summed E-state index contributed by atoms with van der Waals surface area (Å²) in [6, 6.07) is 3.93. The van der Waals surface area contributed by atoms with Gasteiger partial charge < -0.3 is 11.1 Å². The van der Waals surface area contributed by atoms with Crippen LogP contribution in [0.2, 0.25) is 0 Å². The van der Waals surface area contributed by atoms with Crippen LogP contribution in [0, 0.1) is 13.8 Å². The number of nitrogens with one attached hydrogen (secondary N) is 1. The molecule has 0 bridgehead atoms. The highest BCUT2D eigenvalue weighted by Crippen LogP contribution is 2.09. The van der Waals surface area contributed by atoms with Gasteiger partial charge in [-0.3, -0.25) is 0 Å². The normalized spacial score (nSPS) is 9.50. The van der Waals surface area contributed by atoms with Crippen LogP contribution in [0.3, 0.4) is 0 Å². The molecular weight excluding hydrogens is 150 g/mol. The minimum atomic E-state index is 0.410. The topological polar surface area (TPSA) is 50.9 Å². The fraction of sp³-hybridized carbons (Fsp3) is 0.222. The molecule has 0 amide bonds. The van der Waals surface area contributed by atoms with Crippen LogP contribution in [-0.2, 0) is 0 Å². The van der Waals surface area contributed by atoms with Gasteiger partial charge in [-0.2, -0.15) is 0 Å². The molecule has 0 saturated heterocycles. The number of aromatic nitrogens is 1. The monoisotopic (exact) mass is 163 g/mol. The van der Waals surface area contributed by atoms with Crippen molar-refractivity contribution in [2.75, 3.05) is 5.32 Å². The SMILES string of the molecule is C=C(N)Nc1cc(C)cc(C)n1. The molecule has 1 heterocycles. The van der Waals surface area contributed by atoms with Crippen molar-refractivity contribution in [2.45, 2.75) is 13.8 Å². The molecule has 0 atom stereocenters. The van der Waals surface area contributed by atoms with Gasteiger partial charge in [0.2, 0.25) is 0 Å². The van der Waals surface area contributed by atoms with Gasteiger partial charge in [-0.25, -0.2) is 4.98 Å². The van der Waals surface area contributed by atoms with E-state index in [1.807, 2.05) is 26.0 Å². The zero-order valence-electron chi connectivity index (χ0n) is 7.39. The number of pyridine rings is 1. The smallest absolute Gasteiger partial charge is 0.131 e. The van der Waals surface area contributed by atoms with E-state index in [1.165, 1.54) is 0 Å². The minimum Gasteiger partial charge on any atom is -0.386 e. The van der Waals surface area contributed by atoms with Crippen molar-refractivity contribution >= 4 is 5.82 Å². The lowest BCUT2D eigenvalue weighted by Gasteiger charge is -2.05. The molecule has 64 valence electrons. The number of aryl methyl sites for hydroxylation is 2. The lowest BCUT2D eigenvalue weighted by Crippen LogP contribution is -2.08. The predicted molar refractivity (Wildman–Crippen MR) is 50.7 cm³/mol. The van der Waals surface area contributed by atoms with E-state index < -0.39 is 0 Å². The van der Waals surface area contributed by atoms with Crippen LogP contribution >= 0.6 is 0 Å². The first-order valence-electron chi connectivity index (χ1n) is 3.74. The maximum Gasteiger partial charge on any atom is 0.131 e. The molecule has 3 heteroatoms. The fourth-order valence-electron chi connectivity index (χ4n) is 1.07.